The summed E-state index contributed by atoms with van der Waals surface area (Å²) in [6, 6.07) is 6.35. The number of hydrogen-bond donors (Lipinski definition) is 1. The first-order valence-corrected chi connectivity index (χ1v) is 7.07. The van der Waals surface area contributed by atoms with Gasteiger partial charge in [0, 0.05) is 18.1 Å². The molecule has 1 fully saturated rings. The van der Waals surface area contributed by atoms with Crippen molar-refractivity contribution in [2.75, 3.05) is 0 Å². The van der Waals surface area contributed by atoms with Crippen LogP contribution in [0.25, 0.3) is 10.9 Å². The van der Waals surface area contributed by atoms with Crippen molar-refractivity contribution in [2.24, 2.45) is 0 Å². The van der Waals surface area contributed by atoms with E-state index < -0.39 is 11.4 Å². The van der Waals surface area contributed by atoms with Gasteiger partial charge >= 0.3 is 5.97 Å². The molecule has 0 unspecified atom stereocenters. The minimum Gasteiger partial charge on any atom is -0.481 e. The summed E-state index contributed by atoms with van der Waals surface area (Å²) in [7, 11) is 0. The van der Waals surface area contributed by atoms with Gasteiger partial charge in [-0.15, -0.1) is 0 Å². The number of carbonyl (C=O) groups is 1. The minimum absolute atomic E-state index is 0.619. The third kappa shape index (κ3) is 1.30. The van der Waals surface area contributed by atoms with Crippen LogP contribution in [0.3, 0.4) is 0 Å². The molecule has 1 aliphatic carbocycles. The zero-order chi connectivity index (χ0) is 13.0. The molecule has 1 aliphatic heterocycles. The summed E-state index contributed by atoms with van der Waals surface area (Å²) in [4.78, 5) is 11.7. The van der Waals surface area contributed by atoms with Gasteiger partial charge in [-0.3, -0.25) is 4.79 Å². The minimum atomic E-state index is -0.651. The maximum Gasteiger partial charge on any atom is 0.314 e. The number of carboxylic acids is 1. The third-order valence-corrected chi connectivity index (χ3v) is 4.96. The summed E-state index contributed by atoms with van der Waals surface area (Å²) in [6.45, 7) is 1.02. The van der Waals surface area contributed by atoms with Crippen molar-refractivity contribution >= 4 is 16.9 Å². The summed E-state index contributed by atoms with van der Waals surface area (Å²) < 4.78 is 2.27. The molecule has 1 N–H and O–H groups in total. The quantitative estimate of drug-likeness (QED) is 0.896. The number of nitrogens with zero attached hydrogens (tertiary/aromatic N) is 1. The molecule has 2 aliphatic rings. The highest BCUT2D eigenvalue weighted by Crippen LogP contribution is 2.47. The van der Waals surface area contributed by atoms with Gasteiger partial charge in [-0.2, -0.15) is 0 Å². The molecular formula is C16H17NO2. The molecule has 4 rings (SSSR count). The molecule has 0 atom stereocenters. The van der Waals surface area contributed by atoms with E-state index in [9.17, 15) is 9.90 Å². The van der Waals surface area contributed by atoms with Crippen LogP contribution in [0, 0.1) is 0 Å². The monoisotopic (exact) mass is 255 g/mol. The van der Waals surface area contributed by atoms with Crippen LogP contribution < -0.4 is 0 Å². The number of aliphatic carboxylic acids is 1. The normalized spacial score (nSPS) is 20.2. The predicted octanol–water partition coefficient (Wildman–Crippen LogP) is 3.09. The molecule has 2 heterocycles. The van der Waals surface area contributed by atoms with Crippen molar-refractivity contribution in [3.63, 3.8) is 0 Å². The second kappa shape index (κ2) is 3.62. The number of aromatic nitrogens is 1. The van der Waals surface area contributed by atoms with E-state index in [2.05, 4.69) is 29.0 Å². The number of rotatable bonds is 2. The fraction of sp³-hybridized carbons (Fsp3) is 0.438. The van der Waals surface area contributed by atoms with Gasteiger partial charge in [-0.1, -0.05) is 24.6 Å². The molecule has 0 saturated heterocycles. The van der Waals surface area contributed by atoms with Gasteiger partial charge in [0.1, 0.15) is 0 Å². The smallest absolute Gasteiger partial charge is 0.314 e. The highest BCUT2D eigenvalue weighted by Gasteiger charge is 2.47. The summed E-state index contributed by atoms with van der Waals surface area (Å²) in [5, 5.41) is 10.8. The van der Waals surface area contributed by atoms with Crippen LogP contribution in [0.15, 0.2) is 24.4 Å². The molecule has 2 aromatic rings. The Labute approximate surface area is 111 Å². The van der Waals surface area contributed by atoms with Gasteiger partial charge in [-0.25, -0.2) is 0 Å². The molecule has 0 spiro atoms. The lowest BCUT2D eigenvalue weighted by molar-refractivity contribution is -0.147. The van der Waals surface area contributed by atoms with Crippen LogP contribution in [-0.2, 0) is 23.2 Å². The first-order chi connectivity index (χ1) is 9.22. The lowest BCUT2D eigenvalue weighted by Gasteiger charge is -2.37. The molecule has 1 aromatic carbocycles. The van der Waals surface area contributed by atoms with Crippen LogP contribution >= 0.6 is 0 Å². The Morgan fingerprint density at radius 1 is 1.26 bits per heavy atom. The van der Waals surface area contributed by atoms with Gasteiger partial charge in [0.25, 0.3) is 0 Å². The van der Waals surface area contributed by atoms with Crippen molar-refractivity contribution in [3.8, 4) is 0 Å². The molecule has 0 bridgehead atoms. The number of hydrogen-bond acceptors (Lipinski definition) is 1. The average molecular weight is 255 g/mol. The molecule has 1 aromatic heterocycles. The molecule has 3 heteroatoms. The highest BCUT2D eigenvalue weighted by atomic mass is 16.4. The van der Waals surface area contributed by atoms with Gasteiger partial charge in [0.05, 0.1) is 10.9 Å². The van der Waals surface area contributed by atoms with Gasteiger partial charge in [0.15, 0.2) is 0 Å². The van der Waals surface area contributed by atoms with Crippen molar-refractivity contribution in [1.29, 1.82) is 0 Å². The molecule has 1 saturated carbocycles. The largest absolute Gasteiger partial charge is 0.481 e. The second-order valence-electron chi connectivity index (χ2n) is 5.89. The van der Waals surface area contributed by atoms with E-state index in [-0.39, 0.29) is 0 Å². The summed E-state index contributed by atoms with van der Waals surface area (Å²) in [5.41, 5.74) is 3.07. The number of carboxylic acid groups (broad SMARTS) is 1. The maximum atomic E-state index is 11.7. The van der Waals surface area contributed by atoms with E-state index in [1.54, 1.807) is 0 Å². The Morgan fingerprint density at radius 2 is 2.11 bits per heavy atom. The highest BCUT2D eigenvalue weighted by molar-refractivity contribution is 5.94. The molecule has 19 heavy (non-hydrogen) atoms. The topological polar surface area (TPSA) is 42.2 Å². The molecular weight excluding hydrogens is 238 g/mol. The van der Waals surface area contributed by atoms with Crippen LogP contribution in [0.4, 0.5) is 0 Å². The van der Waals surface area contributed by atoms with Crippen LogP contribution in [0.2, 0.25) is 0 Å². The third-order valence-electron chi connectivity index (χ3n) is 4.96. The van der Waals surface area contributed by atoms with Crippen molar-refractivity contribution in [3.05, 3.63) is 35.5 Å². The van der Waals surface area contributed by atoms with Crippen molar-refractivity contribution in [1.82, 2.24) is 4.57 Å². The Morgan fingerprint density at radius 3 is 2.79 bits per heavy atom. The SMILES string of the molecule is O=C(O)C1(c2cn3c4c(cccc24)CCC3)CCC1. The van der Waals surface area contributed by atoms with E-state index in [1.165, 1.54) is 16.5 Å². The first-order valence-electron chi connectivity index (χ1n) is 7.07. The fourth-order valence-corrected chi connectivity index (χ4v) is 3.77. The Bertz CT molecular complexity index is 679. The van der Waals surface area contributed by atoms with Gasteiger partial charge in [-0.05, 0) is 36.8 Å². The number of benzene rings is 1. The standard InChI is InChI=1S/C16H17NO2/c18-15(19)16(7-3-8-16)13-10-17-9-2-5-11-4-1-6-12(13)14(11)17/h1,4,6,10H,2-3,5,7-9H2,(H,18,19). The van der Waals surface area contributed by atoms with Crippen LogP contribution in [0.1, 0.15) is 36.8 Å². The van der Waals surface area contributed by atoms with Crippen molar-refractivity contribution in [2.45, 2.75) is 44.1 Å². The van der Waals surface area contributed by atoms with Gasteiger partial charge < -0.3 is 9.67 Å². The van der Waals surface area contributed by atoms with E-state index >= 15 is 0 Å². The summed E-state index contributed by atoms with van der Waals surface area (Å²) in [5.74, 6) is -0.651. The van der Waals surface area contributed by atoms with E-state index in [1.807, 2.05) is 0 Å². The predicted molar refractivity (Wildman–Crippen MR) is 73.4 cm³/mol. The number of aryl methyl sites for hydroxylation is 2. The summed E-state index contributed by atoms with van der Waals surface area (Å²) >= 11 is 0. The second-order valence-corrected chi connectivity index (χ2v) is 5.89. The van der Waals surface area contributed by atoms with Crippen LogP contribution in [0.5, 0.6) is 0 Å². The lowest BCUT2D eigenvalue weighted by Crippen LogP contribution is -2.42. The zero-order valence-electron chi connectivity index (χ0n) is 10.9. The molecule has 3 nitrogen and oxygen atoms in total. The lowest BCUT2D eigenvalue weighted by atomic mass is 9.64. The van der Waals surface area contributed by atoms with Crippen LogP contribution in [-0.4, -0.2) is 15.6 Å². The molecule has 0 radical (unpaired) electrons. The Balaban J connectivity index is 2.02. The molecule has 98 valence electrons. The fourth-order valence-electron chi connectivity index (χ4n) is 3.77. The van der Waals surface area contributed by atoms with Gasteiger partial charge in [0.2, 0.25) is 0 Å². The maximum absolute atomic E-state index is 11.7. The average Bonchev–Trinajstić information content (AvgIpc) is 2.70. The Hall–Kier alpha value is -1.77. The summed E-state index contributed by atoms with van der Waals surface area (Å²) in [6.07, 6.45) is 6.97. The zero-order valence-corrected chi connectivity index (χ0v) is 10.9. The van der Waals surface area contributed by atoms with E-state index in [0.29, 0.717) is 0 Å². The van der Waals surface area contributed by atoms with Crippen molar-refractivity contribution < 1.29 is 9.90 Å². The first kappa shape index (κ1) is 11.1. The number of para-hydroxylation sites is 1. The van der Waals surface area contributed by atoms with E-state index in [4.69, 9.17) is 0 Å². The Kier molecular flexibility index (Phi) is 2.12. The van der Waals surface area contributed by atoms with E-state index in [0.717, 1.165) is 44.2 Å². The molecule has 0 amide bonds.